The number of benzene rings is 2. The Hall–Kier alpha value is -2.69. The van der Waals surface area contributed by atoms with Crippen LogP contribution in [0.2, 0.25) is 0 Å². The van der Waals surface area contributed by atoms with E-state index in [1.165, 1.54) is 20.1 Å². The van der Waals surface area contributed by atoms with E-state index >= 15 is 4.39 Å². The average Bonchev–Trinajstić information content (AvgIpc) is 3.68. The fraction of sp³-hybridized carbons (Fsp3) is 0.483. The predicted octanol–water partition coefficient (Wildman–Crippen LogP) is 7.22. The zero-order valence-corrected chi connectivity index (χ0v) is 20.2. The zero-order chi connectivity index (χ0) is 24.3. The van der Waals surface area contributed by atoms with Crippen LogP contribution in [-0.2, 0) is 9.53 Å². The summed E-state index contributed by atoms with van der Waals surface area (Å²) in [5.74, 6) is 0.0296. The maximum absolute atomic E-state index is 15.5. The molecule has 0 N–H and O–H groups in total. The SMILES string of the molecule is COC(=O)C(C)(F)C(c1cccc(/C=C/C2CCC(c3cc(OC)ccc3F)CC2)c1)C1CC1. The van der Waals surface area contributed by atoms with E-state index in [-0.39, 0.29) is 17.7 Å². The molecule has 0 aromatic heterocycles. The minimum atomic E-state index is -2.05. The van der Waals surface area contributed by atoms with Crippen molar-refractivity contribution in [2.45, 2.75) is 63.0 Å². The maximum Gasteiger partial charge on any atom is 0.343 e. The van der Waals surface area contributed by atoms with Gasteiger partial charge in [0.15, 0.2) is 0 Å². The number of alkyl halides is 1. The van der Waals surface area contributed by atoms with Crippen molar-refractivity contribution < 1.29 is 23.0 Å². The summed E-state index contributed by atoms with van der Waals surface area (Å²) in [5, 5.41) is 0. The van der Waals surface area contributed by atoms with Crippen molar-refractivity contribution in [1.29, 1.82) is 0 Å². The van der Waals surface area contributed by atoms with Gasteiger partial charge in [-0.25, -0.2) is 13.6 Å². The van der Waals surface area contributed by atoms with E-state index < -0.39 is 17.6 Å². The smallest absolute Gasteiger partial charge is 0.343 e. The zero-order valence-electron chi connectivity index (χ0n) is 20.2. The largest absolute Gasteiger partial charge is 0.497 e. The van der Waals surface area contributed by atoms with E-state index in [0.717, 1.165) is 55.2 Å². The molecule has 2 aromatic carbocycles. The van der Waals surface area contributed by atoms with Crippen molar-refractivity contribution >= 4 is 12.0 Å². The van der Waals surface area contributed by atoms with E-state index in [2.05, 4.69) is 12.2 Å². The van der Waals surface area contributed by atoms with Crippen LogP contribution in [0, 0.1) is 17.7 Å². The molecule has 2 unspecified atom stereocenters. The summed E-state index contributed by atoms with van der Waals surface area (Å²) < 4.78 is 39.8. The van der Waals surface area contributed by atoms with Crippen LogP contribution in [0.25, 0.3) is 6.08 Å². The van der Waals surface area contributed by atoms with Crippen LogP contribution in [0.5, 0.6) is 5.75 Å². The van der Waals surface area contributed by atoms with Gasteiger partial charge in [0, 0.05) is 5.92 Å². The second kappa shape index (κ2) is 10.3. The van der Waals surface area contributed by atoms with E-state index in [0.29, 0.717) is 11.7 Å². The van der Waals surface area contributed by atoms with Crippen LogP contribution < -0.4 is 4.74 Å². The minimum absolute atomic E-state index is 0.159. The Balaban J connectivity index is 1.42. The van der Waals surface area contributed by atoms with Crippen molar-refractivity contribution in [2.75, 3.05) is 14.2 Å². The van der Waals surface area contributed by atoms with Crippen LogP contribution in [0.3, 0.4) is 0 Å². The number of hydrogen-bond donors (Lipinski definition) is 0. The Bertz CT molecular complexity index is 1030. The second-order valence-corrected chi connectivity index (χ2v) is 9.91. The third-order valence-corrected chi connectivity index (χ3v) is 7.51. The summed E-state index contributed by atoms with van der Waals surface area (Å²) in [7, 11) is 2.84. The fourth-order valence-corrected chi connectivity index (χ4v) is 5.47. The van der Waals surface area contributed by atoms with Gasteiger partial charge in [-0.05, 0) is 98.1 Å². The highest BCUT2D eigenvalue weighted by Gasteiger charge is 2.50. The molecule has 2 aromatic rings. The Kier molecular flexibility index (Phi) is 7.39. The molecule has 0 spiro atoms. The van der Waals surface area contributed by atoms with Gasteiger partial charge in [-0.15, -0.1) is 0 Å². The number of hydrogen-bond acceptors (Lipinski definition) is 3. The molecule has 3 nitrogen and oxygen atoms in total. The first-order chi connectivity index (χ1) is 16.3. The number of carbonyl (C=O) groups excluding carboxylic acids is 1. The summed E-state index contributed by atoms with van der Waals surface area (Å²) in [6.45, 7) is 1.34. The molecule has 182 valence electrons. The Morgan fingerprint density at radius 3 is 2.44 bits per heavy atom. The first kappa shape index (κ1) is 24.4. The molecule has 34 heavy (non-hydrogen) atoms. The fourth-order valence-electron chi connectivity index (χ4n) is 5.47. The molecule has 5 heteroatoms. The molecular weight excluding hydrogens is 434 g/mol. The quantitative estimate of drug-likeness (QED) is 0.384. The molecule has 4 rings (SSSR count). The van der Waals surface area contributed by atoms with Crippen LogP contribution in [0.15, 0.2) is 48.5 Å². The number of allylic oxidation sites excluding steroid dienone is 1. The summed E-state index contributed by atoms with van der Waals surface area (Å²) >= 11 is 0. The van der Waals surface area contributed by atoms with E-state index in [4.69, 9.17) is 9.47 Å². The minimum Gasteiger partial charge on any atom is -0.497 e. The van der Waals surface area contributed by atoms with Crippen molar-refractivity contribution in [3.63, 3.8) is 0 Å². The third kappa shape index (κ3) is 5.34. The number of rotatable bonds is 8. The molecule has 2 saturated carbocycles. The molecule has 2 fully saturated rings. The number of ether oxygens (including phenoxy) is 2. The molecular formula is C29H34F2O3. The van der Waals surface area contributed by atoms with Gasteiger partial charge < -0.3 is 9.47 Å². The van der Waals surface area contributed by atoms with Crippen LogP contribution in [-0.4, -0.2) is 25.9 Å². The van der Waals surface area contributed by atoms with Gasteiger partial charge in [0.25, 0.3) is 0 Å². The van der Waals surface area contributed by atoms with Gasteiger partial charge in [-0.1, -0.05) is 36.4 Å². The van der Waals surface area contributed by atoms with Gasteiger partial charge in [-0.3, -0.25) is 0 Å². The van der Waals surface area contributed by atoms with Gasteiger partial charge >= 0.3 is 5.97 Å². The molecule has 0 saturated heterocycles. The van der Waals surface area contributed by atoms with Crippen LogP contribution in [0.1, 0.15) is 74.0 Å². The van der Waals surface area contributed by atoms with Crippen molar-refractivity contribution in [3.05, 3.63) is 71.0 Å². The van der Waals surface area contributed by atoms with Crippen molar-refractivity contribution in [2.24, 2.45) is 11.8 Å². The second-order valence-electron chi connectivity index (χ2n) is 9.91. The highest BCUT2D eigenvalue weighted by molar-refractivity contribution is 5.80. The van der Waals surface area contributed by atoms with E-state index in [1.54, 1.807) is 13.2 Å². The lowest BCUT2D eigenvalue weighted by Crippen LogP contribution is -2.39. The van der Waals surface area contributed by atoms with Gasteiger partial charge in [0.1, 0.15) is 11.6 Å². The molecule has 2 aliphatic carbocycles. The molecule has 2 atom stereocenters. The predicted molar refractivity (Wildman–Crippen MR) is 130 cm³/mol. The third-order valence-electron chi connectivity index (χ3n) is 7.51. The highest BCUT2D eigenvalue weighted by atomic mass is 19.1. The lowest BCUT2D eigenvalue weighted by Gasteiger charge is -2.29. The molecule has 0 radical (unpaired) electrons. The van der Waals surface area contributed by atoms with Gasteiger partial charge in [0.2, 0.25) is 5.67 Å². The standard InChI is InChI=1S/C29H34F2O3/c1-29(31,28(32)34-3)27(22-13-14-22)23-6-4-5-20(17-23)8-7-19-9-11-21(12-10-19)25-18-24(33-2)15-16-26(25)30/h4-8,15-19,21-22,27H,9-14H2,1-3H3/b8-7+. The number of carbonyl (C=O) groups is 1. The topological polar surface area (TPSA) is 35.5 Å². The number of halogens is 2. The summed E-state index contributed by atoms with van der Waals surface area (Å²) in [4.78, 5) is 12.1. The van der Waals surface area contributed by atoms with Crippen LogP contribution >= 0.6 is 0 Å². The average molecular weight is 469 g/mol. The highest BCUT2D eigenvalue weighted by Crippen LogP contribution is 2.50. The molecule has 0 aliphatic heterocycles. The first-order valence-corrected chi connectivity index (χ1v) is 12.2. The lowest BCUT2D eigenvalue weighted by atomic mass is 9.78. The number of esters is 1. The van der Waals surface area contributed by atoms with Gasteiger partial charge in [-0.2, -0.15) is 0 Å². The van der Waals surface area contributed by atoms with E-state index in [1.807, 2.05) is 30.3 Å². The van der Waals surface area contributed by atoms with Crippen molar-refractivity contribution in [3.8, 4) is 5.75 Å². The summed E-state index contributed by atoms with van der Waals surface area (Å²) in [6, 6.07) is 12.8. The van der Waals surface area contributed by atoms with Crippen LogP contribution in [0.4, 0.5) is 8.78 Å². The Morgan fingerprint density at radius 1 is 1.06 bits per heavy atom. The summed E-state index contributed by atoms with van der Waals surface area (Å²) in [5.41, 5.74) is 0.550. The maximum atomic E-state index is 15.5. The Labute approximate surface area is 201 Å². The molecule has 0 amide bonds. The molecule has 2 aliphatic rings. The van der Waals surface area contributed by atoms with Gasteiger partial charge in [0.05, 0.1) is 14.2 Å². The molecule has 0 heterocycles. The number of methoxy groups -OCH3 is 2. The first-order valence-electron chi connectivity index (χ1n) is 12.2. The summed E-state index contributed by atoms with van der Waals surface area (Å²) in [6.07, 6.45) is 10.0. The van der Waals surface area contributed by atoms with Crippen molar-refractivity contribution in [1.82, 2.24) is 0 Å². The monoisotopic (exact) mass is 468 g/mol. The Morgan fingerprint density at radius 2 is 1.79 bits per heavy atom. The van der Waals surface area contributed by atoms with E-state index in [9.17, 15) is 9.18 Å². The normalized spacial score (nSPS) is 23.3. The molecule has 0 bridgehead atoms. The lowest BCUT2D eigenvalue weighted by molar-refractivity contribution is -0.155.